The molecule has 2 rings (SSSR count). The summed E-state index contributed by atoms with van der Waals surface area (Å²) in [6.07, 6.45) is 2.73. The van der Waals surface area contributed by atoms with Crippen LogP contribution in [0.25, 0.3) is 0 Å². The topological polar surface area (TPSA) is 64.4 Å². The van der Waals surface area contributed by atoms with Crippen molar-refractivity contribution in [3.8, 4) is 0 Å². The molecule has 0 unspecified atom stereocenters. The van der Waals surface area contributed by atoms with E-state index >= 15 is 0 Å². The van der Waals surface area contributed by atoms with Gasteiger partial charge in [-0.25, -0.2) is 13.4 Å². The van der Waals surface area contributed by atoms with Gasteiger partial charge in [0.05, 0.1) is 42.7 Å². The smallest absolute Gasteiger partial charge is 0.214 e. The van der Waals surface area contributed by atoms with Crippen molar-refractivity contribution in [1.82, 2.24) is 13.9 Å². The Bertz CT molecular complexity index is 551. The third-order valence-electron chi connectivity index (χ3n) is 3.48. The summed E-state index contributed by atoms with van der Waals surface area (Å²) in [5.74, 6) is 0.138. The summed E-state index contributed by atoms with van der Waals surface area (Å²) >= 11 is 0. The maximum absolute atomic E-state index is 12.1. The minimum absolute atomic E-state index is 0.133. The lowest BCUT2D eigenvalue weighted by Crippen LogP contribution is -2.32. The van der Waals surface area contributed by atoms with E-state index in [0.717, 1.165) is 24.4 Å². The van der Waals surface area contributed by atoms with E-state index in [0.29, 0.717) is 19.7 Å². The van der Waals surface area contributed by atoms with Crippen molar-refractivity contribution in [3.05, 3.63) is 17.7 Å². The van der Waals surface area contributed by atoms with Crippen molar-refractivity contribution in [1.29, 1.82) is 0 Å². The van der Waals surface area contributed by atoms with Gasteiger partial charge in [0.25, 0.3) is 0 Å². The molecule has 0 radical (unpaired) electrons. The Hall–Kier alpha value is -0.920. The number of hydrogen-bond donors (Lipinski definition) is 0. The number of hydrogen-bond acceptors (Lipinski definition) is 4. The second-order valence-electron chi connectivity index (χ2n) is 5.28. The van der Waals surface area contributed by atoms with Gasteiger partial charge < -0.3 is 9.30 Å². The van der Waals surface area contributed by atoms with E-state index in [4.69, 9.17) is 4.74 Å². The van der Waals surface area contributed by atoms with E-state index < -0.39 is 10.0 Å². The Labute approximate surface area is 120 Å². The van der Waals surface area contributed by atoms with Crippen LogP contribution >= 0.6 is 0 Å². The molecule has 1 aromatic rings. The highest BCUT2D eigenvalue weighted by Crippen LogP contribution is 2.19. The molecule has 0 spiro atoms. The molecule has 0 aromatic carbocycles. The van der Waals surface area contributed by atoms with Crippen molar-refractivity contribution in [3.63, 3.8) is 0 Å². The predicted octanol–water partition coefficient (Wildman–Crippen LogP) is 1.36. The lowest BCUT2D eigenvalue weighted by atomic mass is 10.3. The molecule has 0 atom stereocenters. The fourth-order valence-electron chi connectivity index (χ4n) is 2.27. The number of aryl methyl sites for hydroxylation is 1. The van der Waals surface area contributed by atoms with Crippen LogP contribution < -0.4 is 0 Å². The fraction of sp³-hybridized carbons (Fsp3) is 0.769. The molecular weight excluding hydrogens is 278 g/mol. The van der Waals surface area contributed by atoms with Gasteiger partial charge in [0.1, 0.15) is 0 Å². The molecule has 6 nitrogen and oxygen atoms in total. The average Bonchev–Trinajstić information content (AvgIpc) is 2.64. The van der Waals surface area contributed by atoms with Crippen molar-refractivity contribution in [2.45, 2.75) is 53.0 Å². The monoisotopic (exact) mass is 301 g/mol. The maximum Gasteiger partial charge on any atom is 0.214 e. The van der Waals surface area contributed by atoms with Gasteiger partial charge in [-0.2, -0.15) is 4.31 Å². The third kappa shape index (κ3) is 3.39. The molecule has 1 aliphatic heterocycles. The highest BCUT2D eigenvalue weighted by atomic mass is 32.2. The van der Waals surface area contributed by atoms with Gasteiger partial charge in [0.15, 0.2) is 0 Å². The lowest BCUT2D eigenvalue weighted by Gasteiger charge is -2.19. The third-order valence-corrected chi connectivity index (χ3v) is 5.31. The van der Waals surface area contributed by atoms with Gasteiger partial charge in [-0.1, -0.05) is 0 Å². The molecular formula is C13H23N3O3S. The van der Waals surface area contributed by atoms with E-state index in [9.17, 15) is 8.42 Å². The zero-order chi connectivity index (χ0) is 14.8. The number of rotatable bonds is 5. The van der Waals surface area contributed by atoms with Crippen LogP contribution in [0.5, 0.6) is 0 Å². The Balaban J connectivity index is 2.22. The zero-order valence-electron chi connectivity index (χ0n) is 12.4. The fourth-order valence-corrected chi connectivity index (χ4v) is 3.37. The highest BCUT2D eigenvalue weighted by Gasteiger charge is 2.26. The zero-order valence-corrected chi connectivity index (χ0v) is 13.2. The van der Waals surface area contributed by atoms with Crippen molar-refractivity contribution < 1.29 is 13.2 Å². The molecule has 0 N–H and O–H groups in total. The molecule has 1 aromatic heterocycles. The summed E-state index contributed by atoms with van der Waals surface area (Å²) < 4.78 is 33.4. The second-order valence-corrected chi connectivity index (χ2v) is 7.54. The minimum Gasteiger partial charge on any atom is -0.372 e. The number of fused-ring (bicyclic) bond motifs is 1. The Morgan fingerprint density at radius 3 is 2.80 bits per heavy atom. The molecule has 0 aliphatic carbocycles. The lowest BCUT2D eigenvalue weighted by molar-refractivity contribution is 0.0631. The summed E-state index contributed by atoms with van der Waals surface area (Å²) in [5, 5.41) is 0. The van der Waals surface area contributed by atoms with Gasteiger partial charge in [0.2, 0.25) is 10.0 Å². The Kier molecular flexibility index (Phi) is 4.82. The molecule has 7 heteroatoms. The van der Waals surface area contributed by atoms with Crippen molar-refractivity contribution in [2.24, 2.45) is 0 Å². The largest absolute Gasteiger partial charge is 0.372 e. The quantitative estimate of drug-likeness (QED) is 0.824. The van der Waals surface area contributed by atoms with Gasteiger partial charge >= 0.3 is 0 Å². The van der Waals surface area contributed by atoms with Crippen molar-refractivity contribution in [2.75, 3.05) is 12.3 Å². The number of ether oxygens (including phenoxy) is 1. The van der Waals surface area contributed by atoms with Crippen molar-refractivity contribution >= 4 is 10.0 Å². The average molecular weight is 301 g/mol. The summed E-state index contributed by atoms with van der Waals surface area (Å²) in [6, 6.07) is 0. The van der Waals surface area contributed by atoms with E-state index in [1.54, 1.807) is 17.6 Å². The van der Waals surface area contributed by atoms with Gasteiger partial charge in [-0.15, -0.1) is 0 Å². The molecule has 0 saturated heterocycles. The van der Waals surface area contributed by atoms with Crippen LogP contribution in [0.15, 0.2) is 6.33 Å². The van der Waals surface area contributed by atoms with Crippen LogP contribution in [0.4, 0.5) is 0 Å². The summed E-state index contributed by atoms with van der Waals surface area (Å²) in [6.45, 7) is 7.83. The van der Waals surface area contributed by atoms with Crippen LogP contribution in [0.3, 0.4) is 0 Å². The molecule has 2 heterocycles. The van der Waals surface area contributed by atoms with Crippen LogP contribution in [0.1, 0.15) is 38.6 Å². The van der Waals surface area contributed by atoms with E-state index in [1.807, 2.05) is 18.4 Å². The van der Waals surface area contributed by atoms with Crippen LogP contribution in [-0.2, 0) is 34.5 Å². The Morgan fingerprint density at radius 1 is 1.40 bits per heavy atom. The van der Waals surface area contributed by atoms with E-state index in [2.05, 4.69) is 4.98 Å². The summed E-state index contributed by atoms with van der Waals surface area (Å²) in [5.41, 5.74) is 1.80. The molecule has 114 valence electrons. The Morgan fingerprint density at radius 2 is 2.15 bits per heavy atom. The number of aromatic nitrogens is 2. The minimum atomic E-state index is -3.16. The number of imidazole rings is 1. The first-order chi connectivity index (χ1) is 9.44. The molecule has 0 bridgehead atoms. The summed E-state index contributed by atoms with van der Waals surface area (Å²) in [4.78, 5) is 4.37. The van der Waals surface area contributed by atoms with Gasteiger partial charge in [-0.05, 0) is 27.2 Å². The first-order valence-corrected chi connectivity index (χ1v) is 8.67. The van der Waals surface area contributed by atoms with Crippen LogP contribution in [-0.4, -0.2) is 40.7 Å². The number of nitrogens with zero attached hydrogens (tertiary/aromatic N) is 3. The highest BCUT2D eigenvalue weighted by molar-refractivity contribution is 7.89. The molecule has 0 saturated carbocycles. The van der Waals surface area contributed by atoms with E-state index in [1.165, 1.54) is 0 Å². The molecule has 1 aliphatic rings. The predicted molar refractivity (Wildman–Crippen MR) is 76.6 cm³/mol. The maximum atomic E-state index is 12.1. The molecule has 0 fully saturated rings. The normalized spacial score (nSPS) is 17.2. The van der Waals surface area contributed by atoms with Gasteiger partial charge in [0, 0.05) is 13.1 Å². The SMILES string of the molecule is CCS(=O)(=O)N1CCCn2cnc(COC(C)C)c2C1. The van der Waals surface area contributed by atoms with Crippen LogP contribution in [0.2, 0.25) is 0 Å². The number of sulfonamides is 1. The molecule has 0 amide bonds. The first-order valence-electron chi connectivity index (χ1n) is 7.06. The first kappa shape index (κ1) is 15.5. The van der Waals surface area contributed by atoms with E-state index in [-0.39, 0.29) is 11.9 Å². The standard InChI is InChI=1S/C13H23N3O3S/c1-4-20(17,18)16-7-5-6-15-10-14-12(13(15)8-16)9-19-11(2)3/h10-11H,4-9H2,1-3H3. The second kappa shape index (κ2) is 6.24. The summed E-state index contributed by atoms with van der Waals surface area (Å²) in [7, 11) is -3.16. The van der Waals surface area contributed by atoms with Crippen LogP contribution in [0, 0.1) is 0 Å². The molecule has 20 heavy (non-hydrogen) atoms. The van der Waals surface area contributed by atoms with Gasteiger partial charge in [-0.3, -0.25) is 0 Å².